The molecule has 2 aromatic rings. The van der Waals surface area contributed by atoms with Crippen LogP contribution in [0.4, 0.5) is 0 Å². The Labute approximate surface area is 143 Å². The zero-order valence-corrected chi connectivity index (χ0v) is 14.1. The van der Waals surface area contributed by atoms with E-state index in [2.05, 4.69) is 29.2 Å². The first kappa shape index (κ1) is 16.5. The summed E-state index contributed by atoms with van der Waals surface area (Å²) in [6.07, 6.45) is 6.77. The Morgan fingerprint density at radius 2 is 1.71 bits per heavy atom. The highest BCUT2D eigenvalue weighted by atomic mass is 16.5. The predicted molar refractivity (Wildman–Crippen MR) is 93.7 cm³/mol. The largest absolute Gasteiger partial charge is 0.489 e. The number of rotatable bonds is 5. The van der Waals surface area contributed by atoms with Gasteiger partial charge in [-0.15, -0.1) is 0 Å². The number of nitrogens with zero attached hydrogens (tertiary/aromatic N) is 2. The quantitative estimate of drug-likeness (QED) is 0.846. The van der Waals surface area contributed by atoms with Crippen molar-refractivity contribution in [3.63, 3.8) is 0 Å². The Morgan fingerprint density at radius 3 is 2.33 bits per heavy atom. The Balaban J connectivity index is 1.47. The first-order chi connectivity index (χ1) is 11.7. The molecule has 0 N–H and O–H groups in total. The van der Waals surface area contributed by atoms with Gasteiger partial charge in [0.15, 0.2) is 0 Å². The lowest BCUT2D eigenvalue weighted by Gasteiger charge is -2.31. The molecular weight excluding hydrogens is 300 g/mol. The molecule has 4 nitrogen and oxygen atoms in total. The van der Waals surface area contributed by atoms with Crippen LogP contribution in [0, 0.1) is 5.92 Å². The van der Waals surface area contributed by atoms with Crippen molar-refractivity contribution in [3.8, 4) is 5.75 Å². The fourth-order valence-corrected chi connectivity index (χ4v) is 3.16. The van der Waals surface area contributed by atoms with Gasteiger partial charge in [0.1, 0.15) is 12.4 Å². The van der Waals surface area contributed by atoms with Crippen LogP contribution < -0.4 is 4.74 Å². The van der Waals surface area contributed by atoms with E-state index in [1.807, 2.05) is 17.0 Å². The molecular formula is C20H24N2O2. The Bertz CT molecular complexity index is 647. The van der Waals surface area contributed by atoms with E-state index >= 15 is 0 Å². The minimum Gasteiger partial charge on any atom is -0.489 e. The molecule has 3 rings (SSSR count). The van der Waals surface area contributed by atoms with E-state index in [0.717, 1.165) is 38.1 Å². The van der Waals surface area contributed by atoms with Gasteiger partial charge in [0, 0.05) is 32.4 Å². The highest BCUT2D eigenvalue weighted by Gasteiger charge is 2.20. The maximum Gasteiger partial charge on any atom is 0.219 e. The van der Waals surface area contributed by atoms with Gasteiger partial charge in [-0.1, -0.05) is 24.3 Å². The molecule has 0 bridgehead atoms. The van der Waals surface area contributed by atoms with Crippen LogP contribution in [0.1, 0.15) is 30.9 Å². The topological polar surface area (TPSA) is 42.4 Å². The van der Waals surface area contributed by atoms with Gasteiger partial charge in [0.25, 0.3) is 0 Å². The van der Waals surface area contributed by atoms with Gasteiger partial charge < -0.3 is 9.64 Å². The second-order valence-corrected chi connectivity index (χ2v) is 6.44. The van der Waals surface area contributed by atoms with Crippen molar-refractivity contribution in [2.24, 2.45) is 5.92 Å². The predicted octanol–water partition coefficient (Wildman–Crippen LogP) is 3.46. The summed E-state index contributed by atoms with van der Waals surface area (Å²) in [6.45, 7) is 4.03. The van der Waals surface area contributed by atoms with E-state index in [-0.39, 0.29) is 5.91 Å². The molecule has 1 aliphatic rings. The number of amides is 1. The van der Waals surface area contributed by atoms with Crippen molar-refractivity contribution in [2.75, 3.05) is 13.1 Å². The van der Waals surface area contributed by atoms with E-state index in [1.165, 1.54) is 11.1 Å². The third kappa shape index (κ3) is 4.57. The van der Waals surface area contributed by atoms with Gasteiger partial charge in [-0.3, -0.25) is 9.78 Å². The number of hydrogen-bond donors (Lipinski definition) is 0. The summed E-state index contributed by atoms with van der Waals surface area (Å²) in [7, 11) is 0. The normalized spacial score (nSPS) is 15.3. The molecule has 2 heterocycles. The molecule has 4 heteroatoms. The number of ether oxygens (including phenoxy) is 1. The highest BCUT2D eigenvalue weighted by Crippen LogP contribution is 2.22. The summed E-state index contributed by atoms with van der Waals surface area (Å²) in [6, 6.07) is 12.4. The molecule has 0 unspecified atom stereocenters. The standard InChI is InChI=1S/C20H24N2O2/c1-16(23)22-12-8-18(9-13-22)14-17-2-4-19(5-3-17)15-24-20-6-10-21-11-7-20/h2-7,10-11,18H,8-9,12-15H2,1H3. The van der Waals surface area contributed by atoms with Crippen molar-refractivity contribution in [1.82, 2.24) is 9.88 Å². The molecule has 24 heavy (non-hydrogen) atoms. The van der Waals surface area contributed by atoms with E-state index in [0.29, 0.717) is 12.5 Å². The van der Waals surface area contributed by atoms with E-state index in [4.69, 9.17) is 4.74 Å². The van der Waals surface area contributed by atoms with Crippen molar-refractivity contribution in [2.45, 2.75) is 32.8 Å². The van der Waals surface area contributed by atoms with Crippen molar-refractivity contribution in [3.05, 3.63) is 59.9 Å². The third-order valence-corrected chi connectivity index (χ3v) is 4.66. The Kier molecular flexibility index (Phi) is 5.47. The zero-order valence-electron chi connectivity index (χ0n) is 14.1. The second kappa shape index (κ2) is 7.95. The fourth-order valence-electron chi connectivity index (χ4n) is 3.16. The van der Waals surface area contributed by atoms with Crippen LogP contribution in [0.3, 0.4) is 0 Å². The van der Waals surface area contributed by atoms with Crippen LogP contribution in [0.5, 0.6) is 5.75 Å². The molecule has 126 valence electrons. The average molecular weight is 324 g/mol. The number of pyridine rings is 1. The molecule has 1 aromatic carbocycles. The monoisotopic (exact) mass is 324 g/mol. The average Bonchev–Trinajstić information content (AvgIpc) is 2.62. The third-order valence-electron chi connectivity index (χ3n) is 4.66. The van der Waals surface area contributed by atoms with Crippen LogP contribution in [0.15, 0.2) is 48.8 Å². The van der Waals surface area contributed by atoms with Crippen LogP contribution in [-0.2, 0) is 17.8 Å². The van der Waals surface area contributed by atoms with Crippen LogP contribution >= 0.6 is 0 Å². The van der Waals surface area contributed by atoms with Crippen LogP contribution in [-0.4, -0.2) is 28.9 Å². The fraction of sp³-hybridized carbons (Fsp3) is 0.400. The van der Waals surface area contributed by atoms with Gasteiger partial charge in [-0.2, -0.15) is 0 Å². The summed E-state index contributed by atoms with van der Waals surface area (Å²) in [4.78, 5) is 17.3. The lowest BCUT2D eigenvalue weighted by atomic mass is 9.90. The minimum atomic E-state index is 0.201. The molecule has 1 aromatic heterocycles. The summed E-state index contributed by atoms with van der Waals surface area (Å²) in [5.41, 5.74) is 2.53. The number of piperidine rings is 1. The molecule has 0 aliphatic carbocycles. The van der Waals surface area contributed by atoms with Crippen molar-refractivity contribution < 1.29 is 9.53 Å². The van der Waals surface area contributed by atoms with Crippen LogP contribution in [0.25, 0.3) is 0 Å². The summed E-state index contributed by atoms with van der Waals surface area (Å²) >= 11 is 0. The summed E-state index contributed by atoms with van der Waals surface area (Å²) in [5.74, 6) is 1.72. The molecule has 0 radical (unpaired) electrons. The van der Waals surface area contributed by atoms with Crippen molar-refractivity contribution in [1.29, 1.82) is 0 Å². The number of carbonyl (C=O) groups excluding carboxylic acids is 1. The Morgan fingerprint density at radius 1 is 1.08 bits per heavy atom. The summed E-state index contributed by atoms with van der Waals surface area (Å²) < 4.78 is 5.74. The van der Waals surface area contributed by atoms with E-state index < -0.39 is 0 Å². The highest BCUT2D eigenvalue weighted by molar-refractivity contribution is 5.73. The first-order valence-corrected chi connectivity index (χ1v) is 8.57. The molecule has 0 atom stereocenters. The molecule has 1 amide bonds. The molecule has 0 spiro atoms. The van der Waals surface area contributed by atoms with Gasteiger partial charge in [-0.25, -0.2) is 0 Å². The van der Waals surface area contributed by atoms with Gasteiger partial charge >= 0.3 is 0 Å². The smallest absolute Gasteiger partial charge is 0.219 e. The number of hydrogen-bond acceptors (Lipinski definition) is 3. The molecule has 0 saturated carbocycles. The van der Waals surface area contributed by atoms with Gasteiger partial charge in [0.2, 0.25) is 5.91 Å². The second-order valence-electron chi connectivity index (χ2n) is 6.44. The van der Waals surface area contributed by atoms with E-state index in [1.54, 1.807) is 19.3 Å². The molecule has 1 saturated heterocycles. The van der Waals surface area contributed by atoms with Crippen molar-refractivity contribution >= 4 is 5.91 Å². The maximum atomic E-state index is 11.4. The zero-order chi connectivity index (χ0) is 16.8. The lowest BCUT2D eigenvalue weighted by molar-refractivity contribution is -0.130. The molecule has 1 aliphatic heterocycles. The Hall–Kier alpha value is -2.36. The number of likely N-dealkylation sites (tertiary alicyclic amines) is 1. The first-order valence-electron chi connectivity index (χ1n) is 8.57. The SMILES string of the molecule is CC(=O)N1CCC(Cc2ccc(COc3ccncc3)cc2)CC1. The number of carbonyl (C=O) groups is 1. The van der Waals surface area contributed by atoms with E-state index in [9.17, 15) is 4.79 Å². The summed E-state index contributed by atoms with van der Waals surface area (Å²) in [5, 5.41) is 0. The maximum absolute atomic E-state index is 11.4. The molecule has 1 fully saturated rings. The minimum absolute atomic E-state index is 0.201. The van der Waals surface area contributed by atoms with Crippen LogP contribution in [0.2, 0.25) is 0 Å². The number of aromatic nitrogens is 1. The van der Waals surface area contributed by atoms with Gasteiger partial charge in [0.05, 0.1) is 0 Å². The lowest BCUT2D eigenvalue weighted by Crippen LogP contribution is -2.37. The number of benzene rings is 1. The van der Waals surface area contributed by atoms with Gasteiger partial charge in [-0.05, 0) is 48.4 Å².